The summed E-state index contributed by atoms with van der Waals surface area (Å²) in [7, 11) is 0. The van der Waals surface area contributed by atoms with E-state index in [1.165, 1.54) is 30.4 Å². The lowest BCUT2D eigenvalue weighted by molar-refractivity contribution is 0.397. The molecule has 0 unspecified atom stereocenters. The average molecular weight is 313 g/mol. The van der Waals surface area contributed by atoms with Crippen LogP contribution in [0.1, 0.15) is 36.3 Å². The summed E-state index contributed by atoms with van der Waals surface area (Å²) in [6.45, 7) is 0.976. The van der Waals surface area contributed by atoms with E-state index in [2.05, 4.69) is 46.7 Å². The second kappa shape index (κ2) is 6.02. The molecule has 114 valence electrons. The third kappa shape index (κ3) is 2.66. The molecule has 1 N–H and O–H groups in total. The summed E-state index contributed by atoms with van der Waals surface area (Å²) in [5.41, 5.74) is 2.74. The average Bonchev–Trinajstić information content (AvgIpc) is 3.11. The van der Waals surface area contributed by atoms with Gasteiger partial charge in [0.15, 0.2) is 0 Å². The Balaban J connectivity index is 1.45. The van der Waals surface area contributed by atoms with Gasteiger partial charge in [-0.25, -0.2) is 4.98 Å². The van der Waals surface area contributed by atoms with Gasteiger partial charge in [0.25, 0.3) is 0 Å². The van der Waals surface area contributed by atoms with Gasteiger partial charge in [0.05, 0.1) is 0 Å². The predicted molar refractivity (Wildman–Crippen MR) is 89.9 cm³/mol. The molecule has 1 heterocycles. The topological polar surface area (TPSA) is 24.9 Å². The molecule has 2 aliphatic rings. The van der Waals surface area contributed by atoms with Crippen molar-refractivity contribution in [2.75, 3.05) is 0 Å². The van der Waals surface area contributed by atoms with Gasteiger partial charge in [0.1, 0.15) is 5.15 Å². The number of fused-ring (bicyclic) bond motifs is 2. The monoisotopic (exact) mass is 312 g/mol. The maximum atomic E-state index is 5.92. The molecule has 2 fully saturated rings. The summed E-state index contributed by atoms with van der Waals surface area (Å²) in [4.78, 5) is 4.27. The number of nitrogens with zero attached hydrogens (tertiary/aromatic N) is 1. The molecule has 0 aliphatic heterocycles. The standard InChI is InChI=1S/C19H21ClN2/c20-18-9-7-15(12-21-18)17-10-14-6-8-16(17)19(14)22-11-13-4-2-1-3-5-13/h1-5,7,9,12,14,16-17,19,22H,6,8,10-11H2/t14-,16+,17+,19-/m0/s1. The molecule has 0 amide bonds. The number of aromatic nitrogens is 1. The van der Waals surface area contributed by atoms with Crippen LogP contribution in [0.4, 0.5) is 0 Å². The van der Waals surface area contributed by atoms with Crippen molar-refractivity contribution >= 4 is 11.6 Å². The highest BCUT2D eigenvalue weighted by atomic mass is 35.5. The fourth-order valence-electron chi connectivity index (χ4n) is 4.47. The third-order valence-corrected chi connectivity index (χ3v) is 5.70. The number of hydrogen-bond acceptors (Lipinski definition) is 2. The van der Waals surface area contributed by atoms with Crippen LogP contribution in [0.3, 0.4) is 0 Å². The molecule has 4 atom stereocenters. The predicted octanol–water partition coefficient (Wildman–Crippen LogP) is 4.41. The molecular weight excluding hydrogens is 292 g/mol. The Morgan fingerprint density at radius 1 is 1.09 bits per heavy atom. The fraction of sp³-hybridized carbons (Fsp3) is 0.421. The van der Waals surface area contributed by atoms with Crippen LogP contribution in [-0.4, -0.2) is 11.0 Å². The SMILES string of the molecule is Clc1ccc([C@H]2C[C@@H]3CC[C@H]2[C@H]3NCc2ccccc2)cn1. The van der Waals surface area contributed by atoms with E-state index in [1.54, 1.807) is 0 Å². The highest BCUT2D eigenvalue weighted by Gasteiger charge is 2.48. The first kappa shape index (κ1) is 14.2. The Hall–Kier alpha value is -1.38. The van der Waals surface area contributed by atoms with Gasteiger partial charge in [0.2, 0.25) is 0 Å². The maximum Gasteiger partial charge on any atom is 0.129 e. The minimum atomic E-state index is 0.589. The van der Waals surface area contributed by atoms with Crippen LogP contribution in [0, 0.1) is 11.8 Å². The number of halogens is 1. The van der Waals surface area contributed by atoms with E-state index in [4.69, 9.17) is 11.6 Å². The molecule has 4 rings (SSSR count). The van der Waals surface area contributed by atoms with Crippen molar-refractivity contribution < 1.29 is 0 Å². The van der Waals surface area contributed by atoms with Crippen LogP contribution in [0.5, 0.6) is 0 Å². The molecule has 1 aromatic heterocycles. The van der Waals surface area contributed by atoms with E-state index in [-0.39, 0.29) is 0 Å². The Morgan fingerprint density at radius 3 is 2.73 bits per heavy atom. The molecule has 2 aromatic rings. The van der Waals surface area contributed by atoms with E-state index < -0.39 is 0 Å². The van der Waals surface area contributed by atoms with Gasteiger partial charge in [-0.3, -0.25) is 0 Å². The van der Waals surface area contributed by atoms with Crippen molar-refractivity contribution in [3.05, 3.63) is 64.9 Å². The van der Waals surface area contributed by atoms with Crippen LogP contribution < -0.4 is 5.32 Å². The Labute approximate surface area is 136 Å². The van der Waals surface area contributed by atoms with E-state index in [0.29, 0.717) is 17.1 Å². The van der Waals surface area contributed by atoms with Crippen molar-refractivity contribution in [2.45, 2.75) is 37.8 Å². The molecular formula is C19H21ClN2. The number of hydrogen-bond donors (Lipinski definition) is 1. The van der Waals surface area contributed by atoms with Crippen LogP contribution >= 0.6 is 11.6 Å². The summed E-state index contributed by atoms with van der Waals surface area (Å²) in [5.74, 6) is 2.21. The Bertz CT molecular complexity index is 626. The lowest BCUT2D eigenvalue weighted by Gasteiger charge is -2.23. The largest absolute Gasteiger partial charge is 0.309 e. The normalized spacial score (nSPS) is 29.9. The maximum absolute atomic E-state index is 5.92. The second-order valence-corrected chi connectivity index (χ2v) is 7.04. The lowest BCUT2D eigenvalue weighted by Crippen LogP contribution is -2.33. The van der Waals surface area contributed by atoms with Gasteiger partial charge in [-0.1, -0.05) is 48.0 Å². The lowest BCUT2D eigenvalue weighted by atomic mass is 9.84. The fourth-order valence-corrected chi connectivity index (χ4v) is 4.58. The first-order chi connectivity index (χ1) is 10.8. The quantitative estimate of drug-likeness (QED) is 0.846. The van der Waals surface area contributed by atoms with Gasteiger partial charge >= 0.3 is 0 Å². The van der Waals surface area contributed by atoms with Crippen molar-refractivity contribution in [2.24, 2.45) is 11.8 Å². The third-order valence-electron chi connectivity index (χ3n) is 5.48. The first-order valence-electron chi connectivity index (χ1n) is 8.20. The number of pyridine rings is 1. The zero-order chi connectivity index (χ0) is 14.9. The van der Waals surface area contributed by atoms with Gasteiger partial charge in [-0.05, 0) is 54.2 Å². The van der Waals surface area contributed by atoms with Crippen LogP contribution in [0.15, 0.2) is 48.7 Å². The molecule has 2 aliphatic carbocycles. The summed E-state index contributed by atoms with van der Waals surface area (Å²) in [5, 5.41) is 4.41. The number of rotatable bonds is 4. The summed E-state index contributed by atoms with van der Waals surface area (Å²) < 4.78 is 0. The molecule has 22 heavy (non-hydrogen) atoms. The summed E-state index contributed by atoms with van der Waals surface area (Å²) >= 11 is 5.92. The Kier molecular flexibility index (Phi) is 3.89. The molecule has 0 saturated heterocycles. The van der Waals surface area contributed by atoms with Crippen molar-refractivity contribution in [1.29, 1.82) is 0 Å². The highest BCUT2D eigenvalue weighted by Crippen LogP contribution is 2.53. The molecule has 3 heteroatoms. The van der Waals surface area contributed by atoms with Crippen LogP contribution in [-0.2, 0) is 6.54 Å². The van der Waals surface area contributed by atoms with Crippen LogP contribution in [0.2, 0.25) is 5.15 Å². The van der Waals surface area contributed by atoms with Crippen LogP contribution in [0.25, 0.3) is 0 Å². The number of nitrogens with one attached hydrogen (secondary N) is 1. The van der Waals surface area contributed by atoms with E-state index in [9.17, 15) is 0 Å². The summed E-state index contributed by atoms with van der Waals surface area (Å²) in [6, 6.07) is 15.4. The zero-order valence-corrected chi connectivity index (χ0v) is 13.3. The van der Waals surface area contributed by atoms with Crippen molar-refractivity contribution in [3.8, 4) is 0 Å². The Morgan fingerprint density at radius 2 is 1.95 bits per heavy atom. The summed E-state index contributed by atoms with van der Waals surface area (Å²) in [6.07, 6.45) is 5.97. The van der Waals surface area contributed by atoms with E-state index in [0.717, 1.165) is 18.4 Å². The van der Waals surface area contributed by atoms with E-state index >= 15 is 0 Å². The molecule has 0 radical (unpaired) electrons. The molecule has 2 saturated carbocycles. The molecule has 2 bridgehead atoms. The highest BCUT2D eigenvalue weighted by molar-refractivity contribution is 6.29. The number of benzene rings is 1. The van der Waals surface area contributed by atoms with Gasteiger partial charge in [-0.15, -0.1) is 0 Å². The smallest absolute Gasteiger partial charge is 0.129 e. The molecule has 0 spiro atoms. The minimum absolute atomic E-state index is 0.589. The van der Waals surface area contributed by atoms with Gasteiger partial charge in [-0.2, -0.15) is 0 Å². The van der Waals surface area contributed by atoms with E-state index in [1.807, 2.05) is 12.3 Å². The van der Waals surface area contributed by atoms with Crippen molar-refractivity contribution in [3.63, 3.8) is 0 Å². The van der Waals surface area contributed by atoms with Gasteiger partial charge < -0.3 is 5.32 Å². The molecule has 1 aromatic carbocycles. The van der Waals surface area contributed by atoms with Gasteiger partial charge in [0, 0.05) is 18.8 Å². The first-order valence-corrected chi connectivity index (χ1v) is 8.58. The van der Waals surface area contributed by atoms with Crippen molar-refractivity contribution in [1.82, 2.24) is 10.3 Å². The zero-order valence-electron chi connectivity index (χ0n) is 12.6. The second-order valence-electron chi connectivity index (χ2n) is 6.65. The molecule has 2 nitrogen and oxygen atoms in total. The minimum Gasteiger partial charge on any atom is -0.309 e.